The first-order chi connectivity index (χ1) is 14.5. The molecule has 3 aromatic carbocycles. The standard InChI is InChI=1S/C22H17N3O3S2/c26-21(13-14-22-24-19-11-4-5-12-20(19)29-22)23-16-7-6-8-17(15-16)25-30(27,28)18-9-2-1-3-10-18/h1-15,25H,(H,23,26)/b14-13+. The SMILES string of the molecule is O=C(/C=C/c1nc2ccccc2s1)Nc1cccc(NS(=O)(=O)c2ccccc2)c1. The van der Waals surface area contributed by atoms with E-state index in [9.17, 15) is 13.2 Å². The zero-order valence-electron chi connectivity index (χ0n) is 15.6. The second kappa shape index (κ2) is 8.48. The molecule has 0 aliphatic heterocycles. The summed E-state index contributed by atoms with van der Waals surface area (Å²) in [6.07, 6.45) is 3.06. The fraction of sp³-hybridized carbons (Fsp3) is 0. The van der Waals surface area contributed by atoms with Gasteiger partial charge in [-0.25, -0.2) is 13.4 Å². The lowest BCUT2D eigenvalue weighted by atomic mass is 10.3. The van der Waals surface area contributed by atoms with Crippen molar-refractivity contribution < 1.29 is 13.2 Å². The van der Waals surface area contributed by atoms with Crippen LogP contribution in [0.3, 0.4) is 0 Å². The number of carbonyl (C=O) groups is 1. The average Bonchev–Trinajstić information content (AvgIpc) is 3.16. The van der Waals surface area contributed by atoms with Crippen molar-refractivity contribution in [1.29, 1.82) is 0 Å². The van der Waals surface area contributed by atoms with Crippen molar-refractivity contribution in [3.05, 3.63) is 89.9 Å². The molecule has 0 saturated carbocycles. The summed E-state index contributed by atoms with van der Waals surface area (Å²) in [4.78, 5) is 16.9. The maximum atomic E-state index is 12.5. The van der Waals surface area contributed by atoms with Crippen molar-refractivity contribution in [1.82, 2.24) is 4.98 Å². The van der Waals surface area contributed by atoms with Crippen LogP contribution >= 0.6 is 11.3 Å². The van der Waals surface area contributed by atoms with Crippen molar-refractivity contribution in [2.24, 2.45) is 0 Å². The Morgan fingerprint density at radius 2 is 1.63 bits per heavy atom. The third-order valence-electron chi connectivity index (χ3n) is 4.12. The summed E-state index contributed by atoms with van der Waals surface area (Å²) in [6, 6.07) is 22.4. The minimum atomic E-state index is -3.70. The van der Waals surface area contributed by atoms with Crippen molar-refractivity contribution in [3.63, 3.8) is 0 Å². The molecule has 4 rings (SSSR count). The summed E-state index contributed by atoms with van der Waals surface area (Å²) < 4.78 is 28.5. The Kier molecular flexibility index (Phi) is 5.60. The Hall–Kier alpha value is -3.49. The van der Waals surface area contributed by atoms with Gasteiger partial charge in [0.1, 0.15) is 5.01 Å². The van der Waals surface area contributed by atoms with Crippen molar-refractivity contribution in [3.8, 4) is 0 Å². The molecule has 0 spiro atoms. The molecule has 1 heterocycles. The van der Waals surface area contributed by atoms with E-state index in [2.05, 4.69) is 15.0 Å². The Morgan fingerprint density at radius 1 is 0.900 bits per heavy atom. The first-order valence-corrected chi connectivity index (χ1v) is 11.3. The van der Waals surface area contributed by atoms with Gasteiger partial charge in [-0.3, -0.25) is 9.52 Å². The predicted molar refractivity (Wildman–Crippen MR) is 121 cm³/mol. The third-order valence-corrected chi connectivity index (χ3v) is 6.52. The number of sulfonamides is 1. The lowest BCUT2D eigenvalue weighted by Crippen LogP contribution is -2.13. The molecule has 0 atom stereocenters. The van der Waals surface area contributed by atoms with Crippen molar-refractivity contribution in [2.75, 3.05) is 10.0 Å². The number of amides is 1. The summed E-state index contributed by atoms with van der Waals surface area (Å²) in [5, 5.41) is 3.46. The Balaban J connectivity index is 1.44. The largest absolute Gasteiger partial charge is 0.322 e. The van der Waals surface area contributed by atoms with E-state index in [0.717, 1.165) is 15.2 Å². The van der Waals surface area contributed by atoms with Gasteiger partial charge in [0.2, 0.25) is 5.91 Å². The monoisotopic (exact) mass is 435 g/mol. The summed E-state index contributed by atoms with van der Waals surface area (Å²) in [5.74, 6) is -0.336. The fourth-order valence-corrected chi connectivity index (χ4v) is 4.71. The van der Waals surface area contributed by atoms with Gasteiger partial charge >= 0.3 is 0 Å². The summed E-state index contributed by atoms with van der Waals surface area (Å²) in [5.41, 5.74) is 1.72. The van der Waals surface area contributed by atoms with E-state index in [0.29, 0.717) is 11.4 Å². The first kappa shape index (κ1) is 19.8. The number of nitrogens with zero attached hydrogens (tertiary/aromatic N) is 1. The highest BCUT2D eigenvalue weighted by atomic mass is 32.2. The van der Waals surface area contributed by atoms with Crippen LogP contribution in [0.25, 0.3) is 16.3 Å². The topological polar surface area (TPSA) is 88.2 Å². The van der Waals surface area contributed by atoms with Crippen molar-refractivity contribution >= 4 is 54.9 Å². The third kappa shape index (κ3) is 4.73. The molecule has 150 valence electrons. The van der Waals surface area contributed by atoms with Crippen LogP contribution in [0.1, 0.15) is 5.01 Å². The average molecular weight is 436 g/mol. The number of anilines is 2. The van der Waals surface area contributed by atoms with E-state index in [1.807, 2.05) is 24.3 Å². The highest BCUT2D eigenvalue weighted by molar-refractivity contribution is 7.92. The Labute approximate surface area is 178 Å². The van der Waals surface area contributed by atoms with E-state index in [1.54, 1.807) is 48.5 Å². The van der Waals surface area contributed by atoms with Crippen LogP contribution in [0.4, 0.5) is 11.4 Å². The molecule has 0 unspecified atom stereocenters. The van der Waals surface area contributed by atoms with Crippen LogP contribution in [0.15, 0.2) is 89.8 Å². The Morgan fingerprint density at radius 3 is 2.43 bits per heavy atom. The number of hydrogen-bond donors (Lipinski definition) is 2. The quantitative estimate of drug-likeness (QED) is 0.428. The van der Waals surface area contributed by atoms with Crippen LogP contribution in [0, 0.1) is 0 Å². The van der Waals surface area contributed by atoms with Crippen LogP contribution in [0.5, 0.6) is 0 Å². The van der Waals surface area contributed by atoms with Gasteiger partial charge in [0, 0.05) is 11.8 Å². The van der Waals surface area contributed by atoms with Gasteiger partial charge in [-0.1, -0.05) is 36.4 Å². The fourth-order valence-electron chi connectivity index (χ4n) is 2.77. The number of rotatable bonds is 6. The number of fused-ring (bicyclic) bond motifs is 1. The highest BCUT2D eigenvalue weighted by Gasteiger charge is 2.13. The molecule has 0 bridgehead atoms. The number of aromatic nitrogens is 1. The number of benzene rings is 3. The van der Waals surface area contributed by atoms with Crippen LogP contribution in [-0.4, -0.2) is 19.3 Å². The zero-order chi connectivity index (χ0) is 21.0. The molecule has 30 heavy (non-hydrogen) atoms. The molecule has 0 aliphatic rings. The van der Waals surface area contributed by atoms with E-state index in [-0.39, 0.29) is 10.8 Å². The molecular weight excluding hydrogens is 418 g/mol. The van der Waals surface area contributed by atoms with Crippen LogP contribution < -0.4 is 10.0 Å². The molecule has 0 radical (unpaired) electrons. The molecule has 1 aromatic heterocycles. The molecule has 4 aromatic rings. The molecule has 6 nitrogen and oxygen atoms in total. The maximum absolute atomic E-state index is 12.5. The minimum absolute atomic E-state index is 0.165. The van der Waals surface area contributed by atoms with Gasteiger partial charge in [-0.05, 0) is 48.5 Å². The molecule has 8 heteroatoms. The van der Waals surface area contributed by atoms with Gasteiger partial charge in [-0.15, -0.1) is 11.3 Å². The number of nitrogens with one attached hydrogen (secondary N) is 2. The lowest BCUT2D eigenvalue weighted by Gasteiger charge is -2.09. The maximum Gasteiger partial charge on any atom is 0.261 e. The number of para-hydroxylation sites is 1. The first-order valence-electron chi connectivity index (χ1n) is 9.02. The summed E-state index contributed by atoms with van der Waals surface area (Å²) >= 11 is 1.50. The molecule has 2 N–H and O–H groups in total. The van der Waals surface area contributed by atoms with E-state index >= 15 is 0 Å². The smallest absolute Gasteiger partial charge is 0.261 e. The van der Waals surface area contributed by atoms with Gasteiger partial charge < -0.3 is 5.32 Å². The van der Waals surface area contributed by atoms with E-state index in [1.165, 1.54) is 29.5 Å². The second-order valence-electron chi connectivity index (χ2n) is 6.34. The number of hydrogen-bond acceptors (Lipinski definition) is 5. The van der Waals surface area contributed by atoms with Gasteiger partial charge in [0.15, 0.2) is 0 Å². The predicted octanol–water partition coefficient (Wildman–Crippen LogP) is 4.75. The van der Waals surface area contributed by atoms with Gasteiger partial charge in [0.25, 0.3) is 10.0 Å². The lowest BCUT2D eigenvalue weighted by molar-refractivity contribution is -0.111. The minimum Gasteiger partial charge on any atom is -0.322 e. The molecule has 0 saturated heterocycles. The van der Waals surface area contributed by atoms with Crippen LogP contribution in [-0.2, 0) is 14.8 Å². The van der Waals surface area contributed by atoms with Gasteiger partial charge in [0.05, 0.1) is 20.8 Å². The van der Waals surface area contributed by atoms with Crippen LogP contribution in [0.2, 0.25) is 0 Å². The second-order valence-corrected chi connectivity index (χ2v) is 9.09. The normalized spacial score (nSPS) is 11.6. The number of carbonyl (C=O) groups excluding carboxylic acids is 1. The van der Waals surface area contributed by atoms with E-state index in [4.69, 9.17) is 0 Å². The number of thiazole rings is 1. The highest BCUT2D eigenvalue weighted by Crippen LogP contribution is 2.23. The molecule has 1 amide bonds. The van der Waals surface area contributed by atoms with Gasteiger partial charge in [-0.2, -0.15) is 0 Å². The summed E-state index contributed by atoms with van der Waals surface area (Å²) in [7, 11) is -3.70. The van der Waals surface area contributed by atoms with Crippen molar-refractivity contribution in [2.45, 2.75) is 4.90 Å². The zero-order valence-corrected chi connectivity index (χ0v) is 17.3. The van der Waals surface area contributed by atoms with E-state index < -0.39 is 10.0 Å². The molecule has 0 aliphatic carbocycles. The summed E-state index contributed by atoms with van der Waals surface area (Å²) in [6.45, 7) is 0. The molecule has 0 fully saturated rings. The Bertz CT molecular complexity index is 1300. The molecular formula is C22H17N3O3S2.